The molecule has 1 aromatic rings. The molecule has 0 aromatic carbocycles. The highest BCUT2D eigenvalue weighted by atomic mass is 19.4. The maximum atomic E-state index is 14.9. The zero-order valence-corrected chi connectivity index (χ0v) is 16.0. The van der Waals surface area contributed by atoms with Crippen LogP contribution < -0.4 is 16.0 Å². The Balaban J connectivity index is 2.47. The SMILES string of the molecule is COC[C@H]1CCCN1c1nc(N=C(C)C=C(C)N)nc(NCC(F)(F)F)c1F. The Bertz CT molecular complexity index is 746. The zero-order valence-electron chi connectivity index (χ0n) is 16.0. The molecule has 0 radical (unpaired) electrons. The molecule has 1 saturated heterocycles. The second-order valence-electron chi connectivity index (χ2n) is 6.56. The van der Waals surface area contributed by atoms with Gasteiger partial charge in [-0.2, -0.15) is 27.5 Å². The quantitative estimate of drug-likeness (QED) is 0.536. The molecule has 3 N–H and O–H groups in total. The fourth-order valence-corrected chi connectivity index (χ4v) is 2.96. The number of allylic oxidation sites excluding steroid dienone is 2. The van der Waals surface area contributed by atoms with Crippen LogP contribution in [0.25, 0.3) is 0 Å². The van der Waals surface area contributed by atoms with Crippen molar-refractivity contribution in [1.82, 2.24) is 9.97 Å². The summed E-state index contributed by atoms with van der Waals surface area (Å²) in [5.41, 5.74) is 6.52. The number of hydrogen-bond donors (Lipinski definition) is 2. The molecule has 1 aliphatic heterocycles. The average molecular weight is 404 g/mol. The van der Waals surface area contributed by atoms with Crippen molar-refractivity contribution in [2.45, 2.75) is 38.9 Å². The highest BCUT2D eigenvalue weighted by Crippen LogP contribution is 2.31. The third-order valence-corrected chi connectivity index (χ3v) is 4.00. The molecule has 0 bridgehead atoms. The fourth-order valence-electron chi connectivity index (χ4n) is 2.96. The van der Waals surface area contributed by atoms with Crippen LogP contribution in [0.5, 0.6) is 0 Å². The molecule has 0 saturated carbocycles. The van der Waals surface area contributed by atoms with Crippen molar-refractivity contribution in [2.24, 2.45) is 10.7 Å². The van der Waals surface area contributed by atoms with E-state index in [4.69, 9.17) is 10.5 Å². The third kappa shape index (κ3) is 6.04. The smallest absolute Gasteiger partial charge is 0.402 e. The monoisotopic (exact) mass is 404 g/mol. The fraction of sp³-hybridized carbons (Fsp3) is 0.588. The predicted molar refractivity (Wildman–Crippen MR) is 99.5 cm³/mol. The van der Waals surface area contributed by atoms with Gasteiger partial charge < -0.3 is 20.7 Å². The number of anilines is 2. The number of halogens is 4. The molecule has 11 heteroatoms. The van der Waals surface area contributed by atoms with E-state index in [0.717, 1.165) is 12.8 Å². The highest BCUT2D eigenvalue weighted by molar-refractivity contribution is 5.94. The summed E-state index contributed by atoms with van der Waals surface area (Å²) in [6.45, 7) is 2.72. The first kappa shape index (κ1) is 21.9. The van der Waals surface area contributed by atoms with E-state index < -0.39 is 24.4 Å². The van der Waals surface area contributed by atoms with Crippen molar-refractivity contribution in [3.8, 4) is 0 Å². The number of nitrogens with two attached hydrogens (primary N) is 1. The van der Waals surface area contributed by atoms with Gasteiger partial charge in [0.05, 0.1) is 12.6 Å². The van der Waals surface area contributed by atoms with Crippen molar-refractivity contribution in [2.75, 3.05) is 37.0 Å². The van der Waals surface area contributed by atoms with Gasteiger partial charge in [-0.15, -0.1) is 0 Å². The van der Waals surface area contributed by atoms with E-state index in [-0.39, 0.29) is 17.8 Å². The van der Waals surface area contributed by atoms with Crippen LogP contribution >= 0.6 is 0 Å². The first-order valence-corrected chi connectivity index (χ1v) is 8.73. The van der Waals surface area contributed by atoms with Crippen LogP contribution in [0.15, 0.2) is 16.8 Å². The molecule has 0 amide bonds. The van der Waals surface area contributed by atoms with Crippen LogP contribution in [0.3, 0.4) is 0 Å². The lowest BCUT2D eigenvalue weighted by atomic mass is 10.2. The summed E-state index contributed by atoms with van der Waals surface area (Å²) in [6.07, 6.45) is -1.42. The maximum absolute atomic E-state index is 14.9. The van der Waals surface area contributed by atoms with Gasteiger partial charge in [0.1, 0.15) is 6.54 Å². The normalized spacial score (nSPS) is 18.7. The van der Waals surface area contributed by atoms with Gasteiger partial charge in [-0.3, -0.25) is 0 Å². The Hall–Kier alpha value is -2.43. The topological polar surface area (TPSA) is 88.7 Å². The van der Waals surface area contributed by atoms with E-state index >= 15 is 0 Å². The minimum Gasteiger partial charge on any atom is -0.402 e. The van der Waals surface area contributed by atoms with Gasteiger partial charge in [0, 0.05) is 25.1 Å². The number of nitrogens with zero attached hydrogens (tertiary/aromatic N) is 4. The Morgan fingerprint density at radius 2 is 2.11 bits per heavy atom. The molecular weight excluding hydrogens is 380 g/mol. The number of nitrogens with one attached hydrogen (secondary N) is 1. The maximum Gasteiger partial charge on any atom is 0.405 e. The summed E-state index contributed by atoms with van der Waals surface area (Å²) in [7, 11) is 1.53. The highest BCUT2D eigenvalue weighted by Gasteiger charge is 2.32. The lowest BCUT2D eigenvalue weighted by molar-refractivity contribution is -0.115. The van der Waals surface area contributed by atoms with Crippen molar-refractivity contribution in [3.63, 3.8) is 0 Å². The lowest BCUT2D eigenvalue weighted by Crippen LogP contribution is -2.34. The molecule has 7 nitrogen and oxygen atoms in total. The van der Waals surface area contributed by atoms with Crippen molar-refractivity contribution in [3.05, 3.63) is 17.6 Å². The van der Waals surface area contributed by atoms with E-state index in [0.29, 0.717) is 24.6 Å². The van der Waals surface area contributed by atoms with Crippen LogP contribution in [0.4, 0.5) is 35.1 Å². The molecule has 1 fully saturated rings. The second-order valence-corrected chi connectivity index (χ2v) is 6.56. The molecular formula is C17H24F4N6O. The number of alkyl halides is 3. The van der Waals surface area contributed by atoms with Crippen LogP contribution in [-0.4, -0.2) is 54.7 Å². The summed E-state index contributed by atoms with van der Waals surface area (Å²) in [6, 6.07) is -0.131. The Morgan fingerprint density at radius 1 is 1.39 bits per heavy atom. The largest absolute Gasteiger partial charge is 0.405 e. The van der Waals surface area contributed by atoms with E-state index in [2.05, 4.69) is 15.0 Å². The van der Waals surface area contributed by atoms with Gasteiger partial charge in [0.15, 0.2) is 11.6 Å². The van der Waals surface area contributed by atoms with Crippen molar-refractivity contribution >= 4 is 23.3 Å². The summed E-state index contributed by atoms with van der Waals surface area (Å²) >= 11 is 0. The number of hydrogen-bond acceptors (Lipinski definition) is 7. The van der Waals surface area contributed by atoms with Crippen LogP contribution in [0, 0.1) is 5.82 Å². The molecule has 2 rings (SSSR count). The van der Waals surface area contributed by atoms with Crippen molar-refractivity contribution in [1.29, 1.82) is 0 Å². The van der Waals surface area contributed by atoms with E-state index in [9.17, 15) is 17.6 Å². The van der Waals surface area contributed by atoms with Crippen molar-refractivity contribution < 1.29 is 22.3 Å². The molecule has 0 unspecified atom stereocenters. The van der Waals surface area contributed by atoms with Gasteiger partial charge in [0.2, 0.25) is 5.82 Å². The predicted octanol–water partition coefficient (Wildman–Crippen LogP) is 3.16. The molecule has 1 atom stereocenters. The number of methoxy groups -OCH3 is 1. The van der Waals surface area contributed by atoms with Gasteiger partial charge in [-0.05, 0) is 32.8 Å². The van der Waals surface area contributed by atoms with Gasteiger partial charge in [-0.1, -0.05) is 0 Å². The number of aromatic nitrogens is 2. The molecule has 1 aromatic heterocycles. The Kier molecular flexibility index (Phi) is 7.17. The molecule has 28 heavy (non-hydrogen) atoms. The Labute approximate surface area is 160 Å². The summed E-state index contributed by atoms with van der Waals surface area (Å²) in [5, 5.41) is 2.00. The molecule has 156 valence electrons. The molecule has 0 aliphatic carbocycles. The van der Waals surface area contributed by atoms with E-state index in [1.807, 2.05) is 5.32 Å². The van der Waals surface area contributed by atoms with Crippen LogP contribution in [0.2, 0.25) is 0 Å². The van der Waals surface area contributed by atoms with E-state index in [1.54, 1.807) is 24.8 Å². The summed E-state index contributed by atoms with van der Waals surface area (Å²) in [4.78, 5) is 13.8. The zero-order chi connectivity index (χ0) is 20.9. The number of rotatable bonds is 7. The van der Waals surface area contributed by atoms with E-state index in [1.165, 1.54) is 7.11 Å². The molecule has 1 aliphatic rings. The van der Waals surface area contributed by atoms with Crippen LogP contribution in [0.1, 0.15) is 26.7 Å². The minimum absolute atomic E-state index is 0.0979. The van der Waals surface area contributed by atoms with Gasteiger partial charge in [-0.25, -0.2) is 4.99 Å². The second kappa shape index (κ2) is 9.18. The average Bonchev–Trinajstić information content (AvgIpc) is 3.02. The summed E-state index contributed by atoms with van der Waals surface area (Å²) in [5.74, 6) is -1.75. The minimum atomic E-state index is -4.53. The van der Waals surface area contributed by atoms with Crippen LogP contribution in [-0.2, 0) is 4.74 Å². The van der Waals surface area contributed by atoms with Gasteiger partial charge in [0.25, 0.3) is 5.95 Å². The Morgan fingerprint density at radius 3 is 2.71 bits per heavy atom. The summed E-state index contributed by atoms with van der Waals surface area (Å²) < 4.78 is 57.8. The standard InChI is InChI=1S/C17H24F4N6O/c1-10(22)7-11(2)24-16-25-14(23-9-17(19,20)21)13(18)15(26-16)27-6-4-5-12(27)8-28-3/h7,12H,4-6,8-9,22H2,1-3H3,(H,23,25,26)/t12-/m1/s1. The first-order chi connectivity index (χ1) is 13.1. The number of aliphatic imine (C=N–C) groups is 1. The first-order valence-electron chi connectivity index (χ1n) is 8.73. The molecule has 2 heterocycles. The molecule has 0 spiro atoms. The number of ether oxygens (including phenoxy) is 1. The lowest BCUT2D eigenvalue weighted by Gasteiger charge is -2.26. The van der Waals surface area contributed by atoms with Gasteiger partial charge >= 0.3 is 6.18 Å². The third-order valence-electron chi connectivity index (χ3n) is 4.00.